The standard InChI is InChI=1S/C21H26FN3S/c1-15-5-4-12-25(14-15)20-10-8-17(9-11-20)16(2)23-21(26)24-19-7-3-6-18(22)13-19/h3,6-11,13,15-16H,4-5,12,14H2,1-2H3,(H2,23,24,26)/t15-,16-/m1/s1. The van der Waals surface area contributed by atoms with E-state index in [4.69, 9.17) is 12.2 Å². The third-order valence-corrected chi connectivity index (χ3v) is 5.07. The number of piperidine rings is 1. The molecular formula is C21H26FN3S. The summed E-state index contributed by atoms with van der Waals surface area (Å²) in [7, 11) is 0. The van der Waals surface area contributed by atoms with Crippen LogP contribution in [0.1, 0.15) is 38.3 Å². The van der Waals surface area contributed by atoms with Gasteiger partial charge in [0.1, 0.15) is 5.82 Å². The molecule has 26 heavy (non-hydrogen) atoms. The topological polar surface area (TPSA) is 27.3 Å². The lowest BCUT2D eigenvalue weighted by atomic mass is 9.99. The fraction of sp³-hybridized carbons (Fsp3) is 0.381. The average molecular weight is 372 g/mol. The predicted octanol–water partition coefficient (Wildman–Crippen LogP) is 5.11. The van der Waals surface area contributed by atoms with Crippen molar-refractivity contribution in [2.75, 3.05) is 23.3 Å². The summed E-state index contributed by atoms with van der Waals surface area (Å²) in [5.41, 5.74) is 3.10. The Morgan fingerprint density at radius 3 is 2.69 bits per heavy atom. The minimum atomic E-state index is -0.284. The van der Waals surface area contributed by atoms with Crippen LogP contribution >= 0.6 is 12.2 Å². The Hall–Kier alpha value is -2.14. The lowest BCUT2D eigenvalue weighted by Crippen LogP contribution is -2.34. The van der Waals surface area contributed by atoms with Crippen LogP contribution in [0.5, 0.6) is 0 Å². The van der Waals surface area contributed by atoms with E-state index in [0.717, 1.165) is 19.0 Å². The van der Waals surface area contributed by atoms with Gasteiger partial charge in [0.05, 0.1) is 6.04 Å². The van der Waals surface area contributed by atoms with E-state index >= 15 is 0 Å². The molecular weight excluding hydrogens is 345 g/mol. The molecule has 2 N–H and O–H groups in total. The van der Waals surface area contributed by atoms with Gasteiger partial charge >= 0.3 is 0 Å². The first-order valence-corrected chi connectivity index (χ1v) is 9.60. The maximum Gasteiger partial charge on any atom is 0.171 e. The summed E-state index contributed by atoms with van der Waals surface area (Å²) < 4.78 is 13.3. The molecule has 0 amide bonds. The van der Waals surface area contributed by atoms with Crippen LogP contribution in [0.15, 0.2) is 48.5 Å². The first-order valence-electron chi connectivity index (χ1n) is 9.19. The van der Waals surface area contributed by atoms with Crippen LogP contribution in [0.3, 0.4) is 0 Å². The Kier molecular flexibility index (Phi) is 6.09. The van der Waals surface area contributed by atoms with Crippen LogP contribution in [-0.4, -0.2) is 18.2 Å². The number of anilines is 2. The molecule has 0 aliphatic carbocycles. The summed E-state index contributed by atoms with van der Waals surface area (Å²) in [6, 6.07) is 15.0. The Labute approximate surface area is 160 Å². The second kappa shape index (κ2) is 8.49. The molecule has 0 aromatic heterocycles. The third kappa shape index (κ3) is 4.94. The second-order valence-electron chi connectivity index (χ2n) is 7.12. The van der Waals surface area contributed by atoms with E-state index in [-0.39, 0.29) is 11.9 Å². The first-order chi connectivity index (χ1) is 12.5. The highest BCUT2D eigenvalue weighted by atomic mass is 32.1. The van der Waals surface area contributed by atoms with Crippen molar-refractivity contribution >= 4 is 28.7 Å². The van der Waals surface area contributed by atoms with E-state index in [0.29, 0.717) is 10.8 Å². The van der Waals surface area contributed by atoms with Gasteiger partial charge in [0, 0.05) is 24.5 Å². The van der Waals surface area contributed by atoms with Gasteiger partial charge in [-0.05, 0) is 73.8 Å². The number of nitrogens with one attached hydrogen (secondary N) is 2. The lowest BCUT2D eigenvalue weighted by Gasteiger charge is -2.33. The summed E-state index contributed by atoms with van der Waals surface area (Å²) in [5.74, 6) is 0.476. The number of benzene rings is 2. The molecule has 0 radical (unpaired) electrons. The monoisotopic (exact) mass is 371 g/mol. The smallest absolute Gasteiger partial charge is 0.171 e. The number of hydrogen-bond donors (Lipinski definition) is 2. The minimum absolute atomic E-state index is 0.0675. The quantitative estimate of drug-likeness (QED) is 0.731. The molecule has 2 aromatic rings. The number of rotatable bonds is 4. The highest BCUT2D eigenvalue weighted by Crippen LogP contribution is 2.24. The van der Waals surface area contributed by atoms with Crippen LogP contribution in [0.25, 0.3) is 0 Å². The Bertz CT molecular complexity index is 747. The molecule has 5 heteroatoms. The highest BCUT2D eigenvalue weighted by molar-refractivity contribution is 7.80. The van der Waals surface area contributed by atoms with Gasteiger partial charge in [0.2, 0.25) is 0 Å². The van der Waals surface area contributed by atoms with Crippen LogP contribution < -0.4 is 15.5 Å². The van der Waals surface area contributed by atoms with Gasteiger partial charge in [-0.15, -0.1) is 0 Å². The fourth-order valence-electron chi connectivity index (χ4n) is 3.41. The second-order valence-corrected chi connectivity index (χ2v) is 7.52. The SMILES string of the molecule is C[C@@H]1CCCN(c2ccc([C@@H](C)NC(=S)Nc3cccc(F)c3)cc2)C1. The van der Waals surface area contributed by atoms with Crippen molar-refractivity contribution in [3.63, 3.8) is 0 Å². The van der Waals surface area contributed by atoms with Gasteiger partial charge in [-0.25, -0.2) is 4.39 Å². The van der Waals surface area contributed by atoms with Crippen LogP contribution in [-0.2, 0) is 0 Å². The van der Waals surface area contributed by atoms with E-state index in [1.54, 1.807) is 12.1 Å². The zero-order valence-electron chi connectivity index (χ0n) is 15.3. The maximum atomic E-state index is 13.3. The van der Waals surface area contributed by atoms with E-state index in [1.807, 2.05) is 0 Å². The van der Waals surface area contributed by atoms with Crippen molar-refractivity contribution in [3.05, 3.63) is 59.9 Å². The Morgan fingerprint density at radius 1 is 1.23 bits per heavy atom. The van der Waals surface area contributed by atoms with Gasteiger partial charge in [0.25, 0.3) is 0 Å². The number of hydrogen-bond acceptors (Lipinski definition) is 2. The molecule has 3 nitrogen and oxygen atoms in total. The average Bonchev–Trinajstić information content (AvgIpc) is 2.61. The summed E-state index contributed by atoms with van der Waals surface area (Å²) in [6.07, 6.45) is 2.59. The zero-order chi connectivity index (χ0) is 18.5. The van der Waals surface area contributed by atoms with Crippen LogP contribution in [0.4, 0.5) is 15.8 Å². The summed E-state index contributed by atoms with van der Waals surface area (Å²) in [6.45, 7) is 6.66. The highest BCUT2D eigenvalue weighted by Gasteiger charge is 2.17. The summed E-state index contributed by atoms with van der Waals surface area (Å²) in [4.78, 5) is 2.46. The number of thiocarbonyl (C=S) groups is 1. The minimum Gasteiger partial charge on any atom is -0.371 e. The van der Waals surface area contributed by atoms with Crippen molar-refractivity contribution in [3.8, 4) is 0 Å². The number of nitrogens with zero attached hydrogens (tertiary/aromatic N) is 1. The van der Waals surface area contributed by atoms with E-state index in [1.165, 1.54) is 36.2 Å². The molecule has 1 heterocycles. The number of halogens is 1. The van der Waals surface area contributed by atoms with Crippen molar-refractivity contribution in [1.82, 2.24) is 5.32 Å². The van der Waals surface area contributed by atoms with Gasteiger partial charge < -0.3 is 15.5 Å². The molecule has 0 bridgehead atoms. The van der Waals surface area contributed by atoms with E-state index in [9.17, 15) is 4.39 Å². The molecule has 2 atom stereocenters. The van der Waals surface area contributed by atoms with Gasteiger partial charge in [-0.1, -0.05) is 25.1 Å². The summed E-state index contributed by atoms with van der Waals surface area (Å²) >= 11 is 5.34. The summed E-state index contributed by atoms with van der Waals surface area (Å²) in [5, 5.41) is 6.76. The van der Waals surface area contributed by atoms with Crippen molar-refractivity contribution in [1.29, 1.82) is 0 Å². The molecule has 2 aromatic carbocycles. The molecule has 138 valence electrons. The fourth-order valence-corrected chi connectivity index (χ4v) is 3.71. The molecule has 0 unspecified atom stereocenters. The van der Waals surface area contributed by atoms with Gasteiger partial charge in [-0.3, -0.25) is 0 Å². The molecule has 1 aliphatic heterocycles. The molecule has 1 fully saturated rings. The Morgan fingerprint density at radius 2 is 2.00 bits per heavy atom. The van der Waals surface area contributed by atoms with E-state index < -0.39 is 0 Å². The van der Waals surface area contributed by atoms with Crippen molar-refractivity contribution in [2.24, 2.45) is 5.92 Å². The largest absolute Gasteiger partial charge is 0.371 e. The maximum absolute atomic E-state index is 13.3. The molecule has 1 saturated heterocycles. The predicted molar refractivity (Wildman–Crippen MR) is 111 cm³/mol. The third-order valence-electron chi connectivity index (χ3n) is 4.85. The normalized spacial score (nSPS) is 18.3. The molecule has 3 rings (SSSR count). The molecule has 0 saturated carbocycles. The molecule has 0 spiro atoms. The van der Waals surface area contributed by atoms with Gasteiger partial charge in [-0.2, -0.15) is 0 Å². The lowest BCUT2D eigenvalue weighted by molar-refractivity contribution is 0.447. The first kappa shape index (κ1) is 18.6. The van der Waals surface area contributed by atoms with Crippen LogP contribution in [0, 0.1) is 11.7 Å². The Balaban J connectivity index is 1.57. The van der Waals surface area contributed by atoms with Crippen molar-refractivity contribution in [2.45, 2.75) is 32.7 Å². The van der Waals surface area contributed by atoms with Gasteiger partial charge in [0.15, 0.2) is 5.11 Å². The zero-order valence-corrected chi connectivity index (χ0v) is 16.2. The van der Waals surface area contributed by atoms with E-state index in [2.05, 4.69) is 53.6 Å². The molecule has 1 aliphatic rings. The van der Waals surface area contributed by atoms with Crippen molar-refractivity contribution < 1.29 is 4.39 Å². The van der Waals surface area contributed by atoms with Crippen LogP contribution in [0.2, 0.25) is 0 Å².